The molecule has 2 aromatic heterocycles. The molecular formula is C10H11ClN4. The molecule has 2 heterocycles. The van der Waals surface area contributed by atoms with E-state index in [-0.39, 0.29) is 0 Å². The smallest absolute Gasteiger partial charge is 0.0832 e. The molecule has 0 amide bonds. The molecule has 2 N–H and O–H groups in total. The van der Waals surface area contributed by atoms with E-state index in [0.717, 1.165) is 11.4 Å². The van der Waals surface area contributed by atoms with E-state index in [1.54, 1.807) is 17.1 Å². The summed E-state index contributed by atoms with van der Waals surface area (Å²) in [6.07, 6.45) is 3.37. The second-order valence-electron chi connectivity index (χ2n) is 3.18. The highest BCUT2D eigenvalue weighted by Crippen LogP contribution is 2.07. The molecule has 0 aliphatic carbocycles. The molecule has 0 atom stereocenters. The van der Waals surface area contributed by atoms with E-state index in [0.29, 0.717) is 18.1 Å². The number of pyridine rings is 1. The van der Waals surface area contributed by atoms with Crippen molar-refractivity contribution in [2.75, 3.05) is 0 Å². The molecule has 4 nitrogen and oxygen atoms in total. The van der Waals surface area contributed by atoms with Crippen molar-refractivity contribution in [1.29, 1.82) is 0 Å². The van der Waals surface area contributed by atoms with Gasteiger partial charge < -0.3 is 5.73 Å². The largest absolute Gasteiger partial charge is 0.325 e. The van der Waals surface area contributed by atoms with Gasteiger partial charge in [0.15, 0.2) is 0 Å². The van der Waals surface area contributed by atoms with Crippen molar-refractivity contribution in [3.63, 3.8) is 0 Å². The van der Waals surface area contributed by atoms with Crippen molar-refractivity contribution in [3.8, 4) is 0 Å². The number of nitrogens with zero attached hydrogens (tertiary/aromatic N) is 3. The zero-order valence-electron chi connectivity index (χ0n) is 8.10. The van der Waals surface area contributed by atoms with E-state index in [2.05, 4.69) is 10.1 Å². The first kappa shape index (κ1) is 10.1. The highest BCUT2D eigenvalue weighted by Gasteiger charge is 1.99. The molecule has 0 fully saturated rings. The van der Waals surface area contributed by atoms with E-state index in [4.69, 9.17) is 17.3 Å². The number of hydrogen-bond acceptors (Lipinski definition) is 3. The Balaban J connectivity index is 2.16. The summed E-state index contributed by atoms with van der Waals surface area (Å²) < 4.78 is 1.74. The third-order valence-electron chi connectivity index (χ3n) is 2.00. The van der Waals surface area contributed by atoms with E-state index in [1.165, 1.54) is 0 Å². The van der Waals surface area contributed by atoms with Crippen LogP contribution in [-0.2, 0) is 13.1 Å². The van der Waals surface area contributed by atoms with Crippen LogP contribution in [0.3, 0.4) is 0 Å². The van der Waals surface area contributed by atoms with E-state index in [9.17, 15) is 0 Å². The van der Waals surface area contributed by atoms with Gasteiger partial charge in [0, 0.05) is 12.7 Å². The van der Waals surface area contributed by atoms with Gasteiger partial charge in [-0.15, -0.1) is 0 Å². The minimum absolute atomic E-state index is 0.452. The Kier molecular flexibility index (Phi) is 2.99. The van der Waals surface area contributed by atoms with E-state index in [1.807, 2.05) is 18.2 Å². The van der Waals surface area contributed by atoms with Crippen LogP contribution in [0.4, 0.5) is 0 Å². The number of halogens is 1. The molecule has 2 rings (SSSR count). The summed E-state index contributed by atoms with van der Waals surface area (Å²) in [6, 6.07) is 5.78. The Bertz CT molecular complexity index is 452. The van der Waals surface area contributed by atoms with Crippen LogP contribution in [0, 0.1) is 0 Å². The summed E-state index contributed by atoms with van der Waals surface area (Å²) >= 11 is 5.76. The second-order valence-corrected chi connectivity index (χ2v) is 3.62. The van der Waals surface area contributed by atoms with Crippen LogP contribution < -0.4 is 5.73 Å². The van der Waals surface area contributed by atoms with Gasteiger partial charge in [0.1, 0.15) is 0 Å². The molecule has 0 radical (unpaired) electrons. The Morgan fingerprint density at radius 2 is 2.13 bits per heavy atom. The van der Waals surface area contributed by atoms with Crippen LogP contribution in [0.1, 0.15) is 11.4 Å². The Labute approximate surface area is 92.7 Å². The average Bonchev–Trinajstić information content (AvgIpc) is 2.64. The Morgan fingerprint density at radius 3 is 2.80 bits per heavy atom. The van der Waals surface area contributed by atoms with E-state index < -0.39 is 0 Å². The fraction of sp³-hybridized carbons (Fsp3) is 0.200. The maximum atomic E-state index is 5.76. The van der Waals surface area contributed by atoms with Gasteiger partial charge in [-0.3, -0.25) is 9.67 Å². The van der Waals surface area contributed by atoms with Gasteiger partial charge in [-0.25, -0.2) is 0 Å². The second kappa shape index (κ2) is 4.42. The number of rotatable bonds is 3. The van der Waals surface area contributed by atoms with Gasteiger partial charge in [-0.05, 0) is 12.1 Å². The summed E-state index contributed by atoms with van der Waals surface area (Å²) in [4.78, 5) is 4.37. The highest BCUT2D eigenvalue weighted by molar-refractivity contribution is 6.30. The standard InChI is InChI=1S/C10H11ClN4/c11-8-5-13-15(6-8)7-10-3-1-2-9(4-12)14-10/h1-3,5-6H,4,7,12H2. The van der Waals surface area contributed by atoms with Crippen LogP contribution in [0.25, 0.3) is 0 Å². The topological polar surface area (TPSA) is 56.7 Å². The third kappa shape index (κ3) is 2.55. The molecule has 78 valence electrons. The molecule has 0 aliphatic rings. The number of hydrogen-bond donors (Lipinski definition) is 1. The molecule has 0 saturated heterocycles. The molecule has 0 saturated carbocycles. The van der Waals surface area contributed by atoms with Crippen LogP contribution in [0.15, 0.2) is 30.6 Å². The maximum Gasteiger partial charge on any atom is 0.0832 e. The van der Waals surface area contributed by atoms with Crippen molar-refractivity contribution in [1.82, 2.24) is 14.8 Å². The normalized spacial score (nSPS) is 10.5. The molecule has 15 heavy (non-hydrogen) atoms. The maximum absolute atomic E-state index is 5.76. The van der Waals surface area contributed by atoms with Crippen LogP contribution in [-0.4, -0.2) is 14.8 Å². The predicted molar refractivity (Wildman–Crippen MR) is 58.5 cm³/mol. The van der Waals surface area contributed by atoms with Crippen molar-refractivity contribution in [2.24, 2.45) is 5.73 Å². The molecule has 0 bridgehead atoms. The highest BCUT2D eigenvalue weighted by atomic mass is 35.5. The van der Waals surface area contributed by atoms with Gasteiger partial charge in [0.05, 0.1) is 29.2 Å². The molecule has 5 heteroatoms. The number of nitrogens with two attached hydrogens (primary N) is 1. The van der Waals surface area contributed by atoms with Crippen molar-refractivity contribution in [3.05, 3.63) is 47.0 Å². The molecule has 0 aliphatic heterocycles. The zero-order chi connectivity index (χ0) is 10.7. The first-order valence-corrected chi connectivity index (χ1v) is 4.98. The summed E-state index contributed by atoms with van der Waals surface area (Å²) in [6.45, 7) is 1.06. The lowest BCUT2D eigenvalue weighted by molar-refractivity contribution is 0.669. The molecule has 0 unspecified atom stereocenters. The predicted octanol–water partition coefficient (Wildman–Crippen LogP) is 1.44. The SMILES string of the molecule is NCc1cccc(Cn2cc(Cl)cn2)n1. The molecular weight excluding hydrogens is 212 g/mol. The molecule has 0 spiro atoms. The Morgan fingerprint density at radius 1 is 1.33 bits per heavy atom. The fourth-order valence-corrected chi connectivity index (χ4v) is 1.48. The molecule has 0 aromatic carbocycles. The lowest BCUT2D eigenvalue weighted by atomic mass is 10.3. The lowest BCUT2D eigenvalue weighted by Crippen LogP contribution is -2.05. The monoisotopic (exact) mass is 222 g/mol. The van der Waals surface area contributed by atoms with Gasteiger partial charge in [-0.1, -0.05) is 17.7 Å². The van der Waals surface area contributed by atoms with Crippen LogP contribution >= 0.6 is 11.6 Å². The zero-order valence-corrected chi connectivity index (χ0v) is 8.85. The average molecular weight is 223 g/mol. The Hall–Kier alpha value is -1.39. The number of aromatic nitrogens is 3. The fourth-order valence-electron chi connectivity index (χ4n) is 1.32. The van der Waals surface area contributed by atoms with Crippen molar-refractivity contribution < 1.29 is 0 Å². The summed E-state index contributed by atoms with van der Waals surface area (Å²) in [5.74, 6) is 0. The third-order valence-corrected chi connectivity index (χ3v) is 2.19. The van der Waals surface area contributed by atoms with Crippen molar-refractivity contribution in [2.45, 2.75) is 13.1 Å². The van der Waals surface area contributed by atoms with Gasteiger partial charge in [0.25, 0.3) is 0 Å². The van der Waals surface area contributed by atoms with E-state index >= 15 is 0 Å². The molecule has 2 aromatic rings. The van der Waals surface area contributed by atoms with Crippen LogP contribution in [0.2, 0.25) is 5.02 Å². The van der Waals surface area contributed by atoms with Gasteiger partial charge in [0.2, 0.25) is 0 Å². The minimum atomic E-state index is 0.452. The first-order valence-electron chi connectivity index (χ1n) is 4.61. The van der Waals surface area contributed by atoms with Crippen molar-refractivity contribution >= 4 is 11.6 Å². The quantitative estimate of drug-likeness (QED) is 0.855. The van der Waals surface area contributed by atoms with Gasteiger partial charge in [-0.2, -0.15) is 5.10 Å². The van der Waals surface area contributed by atoms with Gasteiger partial charge >= 0.3 is 0 Å². The summed E-state index contributed by atoms with van der Waals surface area (Å²) in [5, 5.41) is 4.71. The van der Waals surface area contributed by atoms with Crippen LogP contribution in [0.5, 0.6) is 0 Å². The minimum Gasteiger partial charge on any atom is -0.325 e. The summed E-state index contributed by atoms with van der Waals surface area (Å²) in [7, 11) is 0. The first-order chi connectivity index (χ1) is 7.28. The lowest BCUT2D eigenvalue weighted by Gasteiger charge is -2.02. The summed E-state index contributed by atoms with van der Waals surface area (Å²) in [5.41, 5.74) is 7.32.